The Morgan fingerprint density at radius 3 is 2.61 bits per heavy atom. The molecule has 0 aromatic heterocycles. The van der Waals surface area contributed by atoms with E-state index in [-0.39, 0.29) is 31.3 Å². The number of ether oxygens (including phenoxy) is 1. The van der Waals surface area contributed by atoms with Crippen molar-refractivity contribution in [2.24, 2.45) is 0 Å². The van der Waals surface area contributed by atoms with Gasteiger partial charge in [-0.25, -0.2) is 8.42 Å². The Bertz CT molecular complexity index is 480. The monoisotopic (exact) mass is 272 g/mol. The first kappa shape index (κ1) is 15.1. The molecule has 0 spiro atoms. The van der Waals surface area contributed by atoms with E-state index in [2.05, 4.69) is 0 Å². The van der Waals surface area contributed by atoms with Crippen molar-refractivity contribution in [2.45, 2.75) is 19.6 Å². The summed E-state index contributed by atoms with van der Waals surface area (Å²) in [6.07, 6.45) is 0. The first-order valence-corrected chi connectivity index (χ1v) is 7.72. The van der Waals surface area contributed by atoms with Gasteiger partial charge in [0.05, 0.1) is 31.3 Å². The molecule has 0 heterocycles. The number of aliphatic hydroxyl groups excluding tert-OH is 1. The lowest BCUT2D eigenvalue weighted by Crippen LogP contribution is -2.16. The summed E-state index contributed by atoms with van der Waals surface area (Å²) in [5, 5.41) is 8.52. The second-order valence-electron chi connectivity index (χ2n) is 4.36. The minimum absolute atomic E-state index is 0.0135. The average molecular weight is 272 g/mol. The van der Waals surface area contributed by atoms with Crippen molar-refractivity contribution in [1.82, 2.24) is 0 Å². The predicted octanol–water partition coefficient (Wildman–Crippen LogP) is 1.23. The molecule has 0 aliphatic carbocycles. The summed E-state index contributed by atoms with van der Waals surface area (Å²) >= 11 is 0. The van der Waals surface area contributed by atoms with Gasteiger partial charge in [0.15, 0.2) is 9.84 Å². The number of sulfone groups is 1. The average Bonchev–Trinajstić information content (AvgIpc) is 2.29. The summed E-state index contributed by atoms with van der Waals surface area (Å²) in [5.41, 5.74) is 2.89. The standard InChI is InChI=1S/C13H20O4S/c1-11-3-4-12(2)13(9-11)10-18(15,16)8-7-17-6-5-14/h3-4,9,14H,5-8,10H2,1-2H3. The maximum absolute atomic E-state index is 11.9. The zero-order valence-corrected chi connectivity index (χ0v) is 11.7. The molecule has 1 rings (SSSR count). The SMILES string of the molecule is Cc1ccc(C)c(CS(=O)(=O)CCOCCO)c1. The van der Waals surface area contributed by atoms with E-state index in [0.717, 1.165) is 16.7 Å². The van der Waals surface area contributed by atoms with Crippen LogP contribution in [0.3, 0.4) is 0 Å². The second kappa shape index (κ2) is 6.87. The van der Waals surface area contributed by atoms with Crippen molar-refractivity contribution in [3.63, 3.8) is 0 Å². The molecule has 0 saturated heterocycles. The third-order valence-corrected chi connectivity index (χ3v) is 4.19. The van der Waals surface area contributed by atoms with E-state index in [9.17, 15) is 8.42 Å². The van der Waals surface area contributed by atoms with Crippen molar-refractivity contribution in [1.29, 1.82) is 0 Å². The zero-order chi connectivity index (χ0) is 13.6. The van der Waals surface area contributed by atoms with Crippen LogP contribution < -0.4 is 0 Å². The van der Waals surface area contributed by atoms with E-state index in [1.54, 1.807) is 0 Å². The van der Waals surface area contributed by atoms with Crippen LogP contribution >= 0.6 is 0 Å². The molecule has 1 aromatic carbocycles. The van der Waals surface area contributed by atoms with Crippen LogP contribution in [-0.2, 0) is 20.3 Å². The largest absolute Gasteiger partial charge is 0.394 e. The van der Waals surface area contributed by atoms with Crippen LogP contribution in [-0.4, -0.2) is 39.1 Å². The molecule has 1 aromatic rings. The molecule has 1 N–H and O–H groups in total. The first-order chi connectivity index (χ1) is 8.44. The van der Waals surface area contributed by atoms with E-state index in [4.69, 9.17) is 9.84 Å². The molecule has 0 bridgehead atoms. The molecule has 0 amide bonds. The molecule has 0 radical (unpaired) electrons. The van der Waals surface area contributed by atoms with Gasteiger partial charge in [0.1, 0.15) is 0 Å². The maximum Gasteiger partial charge on any atom is 0.156 e. The fourth-order valence-corrected chi connectivity index (χ4v) is 2.92. The molecule has 18 heavy (non-hydrogen) atoms. The number of hydrogen-bond donors (Lipinski definition) is 1. The van der Waals surface area contributed by atoms with Crippen molar-refractivity contribution >= 4 is 9.84 Å². The van der Waals surface area contributed by atoms with Gasteiger partial charge in [-0.2, -0.15) is 0 Å². The topological polar surface area (TPSA) is 63.6 Å². The van der Waals surface area contributed by atoms with E-state index >= 15 is 0 Å². The number of aryl methyl sites for hydroxylation is 2. The fraction of sp³-hybridized carbons (Fsp3) is 0.538. The Morgan fingerprint density at radius 1 is 1.22 bits per heavy atom. The minimum Gasteiger partial charge on any atom is -0.394 e. The Balaban J connectivity index is 2.62. The van der Waals surface area contributed by atoms with Crippen LogP contribution in [0.1, 0.15) is 16.7 Å². The number of benzene rings is 1. The van der Waals surface area contributed by atoms with Gasteiger partial charge < -0.3 is 9.84 Å². The van der Waals surface area contributed by atoms with Gasteiger partial charge >= 0.3 is 0 Å². The van der Waals surface area contributed by atoms with Gasteiger partial charge in [0.25, 0.3) is 0 Å². The lowest BCUT2D eigenvalue weighted by Gasteiger charge is -2.08. The van der Waals surface area contributed by atoms with E-state index in [0.29, 0.717) is 0 Å². The molecular weight excluding hydrogens is 252 g/mol. The lowest BCUT2D eigenvalue weighted by molar-refractivity contribution is 0.103. The summed E-state index contributed by atoms with van der Waals surface area (Å²) in [6.45, 7) is 4.08. The fourth-order valence-electron chi connectivity index (χ4n) is 1.62. The van der Waals surface area contributed by atoms with Gasteiger partial charge in [0.2, 0.25) is 0 Å². The smallest absolute Gasteiger partial charge is 0.156 e. The molecular formula is C13H20O4S. The number of aliphatic hydroxyl groups is 1. The van der Waals surface area contributed by atoms with Crippen LogP contribution in [0, 0.1) is 13.8 Å². The van der Waals surface area contributed by atoms with Gasteiger partial charge in [0, 0.05) is 0 Å². The molecule has 0 fully saturated rings. The molecule has 0 unspecified atom stereocenters. The second-order valence-corrected chi connectivity index (χ2v) is 6.54. The molecule has 102 valence electrons. The molecule has 5 heteroatoms. The summed E-state index contributed by atoms with van der Waals surface area (Å²) in [4.78, 5) is 0. The minimum atomic E-state index is -3.16. The van der Waals surface area contributed by atoms with Gasteiger partial charge in [-0.3, -0.25) is 0 Å². The lowest BCUT2D eigenvalue weighted by atomic mass is 10.1. The molecule has 0 aliphatic rings. The van der Waals surface area contributed by atoms with Crippen molar-refractivity contribution in [3.05, 3.63) is 34.9 Å². The quantitative estimate of drug-likeness (QED) is 0.758. The van der Waals surface area contributed by atoms with Crippen LogP contribution in [0.2, 0.25) is 0 Å². The number of hydrogen-bond acceptors (Lipinski definition) is 4. The van der Waals surface area contributed by atoms with Crippen molar-refractivity contribution < 1.29 is 18.3 Å². The van der Waals surface area contributed by atoms with E-state index < -0.39 is 9.84 Å². The molecule has 0 aliphatic heterocycles. The van der Waals surface area contributed by atoms with Gasteiger partial charge in [-0.05, 0) is 25.0 Å². The van der Waals surface area contributed by atoms with E-state index in [1.165, 1.54) is 0 Å². The maximum atomic E-state index is 11.9. The third kappa shape index (κ3) is 5.16. The molecule has 0 atom stereocenters. The highest BCUT2D eigenvalue weighted by molar-refractivity contribution is 7.90. The van der Waals surface area contributed by atoms with Crippen molar-refractivity contribution in [2.75, 3.05) is 25.6 Å². The van der Waals surface area contributed by atoms with Crippen molar-refractivity contribution in [3.8, 4) is 0 Å². The Morgan fingerprint density at radius 2 is 1.94 bits per heavy atom. The first-order valence-electron chi connectivity index (χ1n) is 5.90. The normalized spacial score (nSPS) is 11.7. The molecule has 4 nitrogen and oxygen atoms in total. The molecule has 0 saturated carbocycles. The number of rotatable bonds is 7. The zero-order valence-electron chi connectivity index (χ0n) is 10.8. The summed E-state index contributed by atoms with van der Waals surface area (Å²) < 4.78 is 28.7. The van der Waals surface area contributed by atoms with Gasteiger partial charge in [-0.1, -0.05) is 23.8 Å². The summed E-state index contributed by atoms with van der Waals surface area (Å²) in [7, 11) is -3.16. The summed E-state index contributed by atoms with van der Waals surface area (Å²) in [5.74, 6) is 0.0311. The predicted molar refractivity (Wildman–Crippen MR) is 71.3 cm³/mol. The van der Waals surface area contributed by atoms with Gasteiger partial charge in [-0.15, -0.1) is 0 Å². The Kier molecular flexibility index (Phi) is 5.78. The Hall–Kier alpha value is -0.910. The highest BCUT2D eigenvalue weighted by atomic mass is 32.2. The van der Waals surface area contributed by atoms with Crippen LogP contribution in [0.4, 0.5) is 0 Å². The van der Waals surface area contributed by atoms with E-state index in [1.807, 2.05) is 32.0 Å². The van der Waals surface area contributed by atoms with Crippen LogP contribution in [0.15, 0.2) is 18.2 Å². The third-order valence-electron chi connectivity index (χ3n) is 2.65. The highest BCUT2D eigenvalue weighted by Crippen LogP contribution is 2.14. The highest BCUT2D eigenvalue weighted by Gasteiger charge is 2.13. The van der Waals surface area contributed by atoms with Crippen LogP contribution in [0.25, 0.3) is 0 Å². The van der Waals surface area contributed by atoms with Crippen LogP contribution in [0.5, 0.6) is 0 Å². The summed E-state index contributed by atoms with van der Waals surface area (Å²) in [6, 6.07) is 5.81. The Labute approximate surface area is 109 Å².